The monoisotopic (exact) mass is 256 g/mol. The number of rotatable bonds is 9. The lowest BCUT2D eigenvalue weighted by Gasteiger charge is -2.18. The van der Waals surface area contributed by atoms with Crippen molar-refractivity contribution in [3.8, 4) is 0 Å². The summed E-state index contributed by atoms with van der Waals surface area (Å²) in [7, 11) is 0. The van der Waals surface area contributed by atoms with Gasteiger partial charge < -0.3 is 11.1 Å². The maximum atomic E-state index is 11.7. The van der Waals surface area contributed by atoms with Crippen molar-refractivity contribution < 1.29 is 4.79 Å². The molecule has 0 saturated carbocycles. The number of carbonyl (C=O) groups excluding carboxylic acids is 1. The van der Waals surface area contributed by atoms with Gasteiger partial charge in [-0.3, -0.25) is 4.79 Å². The lowest BCUT2D eigenvalue weighted by atomic mass is 9.90. The molecular formula is C15H32N2O. The van der Waals surface area contributed by atoms with Gasteiger partial charge in [0.25, 0.3) is 0 Å². The van der Waals surface area contributed by atoms with Crippen molar-refractivity contribution in [2.45, 2.75) is 78.7 Å². The second-order valence-electron chi connectivity index (χ2n) is 6.41. The molecule has 0 aromatic carbocycles. The van der Waals surface area contributed by atoms with E-state index < -0.39 is 0 Å². The topological polar surface area (TPSA) is 55.1 Å². The van der Waals surface area contributed by atoms with Crippen molar-refractivity contribution in [1.29, 1.82) is 0 Å². The fraction of sp³-hybridized carbons (Fsp3) is 0.933. The van der Waals surface area contributed by atoms with Crippen molar-refractivity contribution in [2.75, 3.05) is 6.54 Å². The van der Waals surface area contributed by atoms with Crippen molar-refractivity contribution >= 4 is 5.91 Å². The molecular weight excluding hydrogens is 224 g/mol. The SMILES string of the molecule is CCCCC[C@@H](N)C(=O)NCCCCC(C)(C)C. The summed E-state index contributed by atoms with van der Waals surface area (Å²) in [5.74, 6) is 0.0156. The molecule has 0 saturated heterocycles. The van der Waals surface area contributed by atoms with Crippen molar-refractivity contribution in [1.82, 2.24) is 5.32 Å². The van der Waals surface area contributed by atoms with E-state index >= 15 is 0 Å². The molecule has 1 amide bonds. The first kappa shape index (κ1) is 17.4. The molecule has 0 aliphatic heterocycles. The first-order chi connectivity index (χ1) is 8.37. The van der Waals surface area contributed by atoms with Crippen LogP contribution in [0.1, 0.15) is 72.6 Å². The van der Waals surface area contributed by atoms with Crippen molar-refractivity contribution in [2.24, 2.45) is 11.1 Å². The molecule has 1 atom stereocenters. The van der Waals surface area contributed by atoms with Crippen LogP contribution in [0.5, 0.6) is 0 Å². The molecule has 0 rings (SSSR count). The molecule has 0 aromatic heterocycles. The highest BCUT2D eigenvalue weighted by molar-refractivity contribution is 5.81. The van der Waals surface area contributed by atoms with Crippen LogP contribution in [0.15, 0.2) is 0 Å². The molecule has 3 N–H and O–H groups in total. The van der Waals surface area contributed by atoms with Gasteiger partial charge in [0.15, 0.2) is 0 Å². The van der Waals surface area contributed by atoms with Crippen molar-refractivity contribution in [3.05, 3.63) is 0 Å². The molecule has 18 heavy (non-hydrogen) atoms. The number of unbranched alkanes of at least 4 members (excludes halogenated alkanes) is 3. The zero-order chi connectivity index (χ0) is 14.0. The van der Waals surface area contributed by atoms with Gasteiger partial charge in [-0.25, -0.2) is 0 Å². The molecule has 0 spiro atoms. The van der Waals surface area contributed by atoms with E-state index in [2.05, 4.69) is 33.0 Å². The van der Waals surface area contributed by atoms with Gasteiger partial charge in [-0.1, -0.05) is 53.4 Å². The summed E-state index contributed by atoms with van der Waals surface area (Å²) < 4.78 is 0. The second kappa shape index (κ2) is 9.37. The molecule has 3 nitrogen and oxygen atoms in total. The van der Waals surface area contributed by atoms with Gasteiger partial charge in [0.1, 0.15) is 0 Å². The fourth-order valence-electron chi connectivity index (χ4n) is 1.87. The average Bonchev–Trinajstić information content (AvgIpc) is 2.27. The molecule has 0 aliphatic carbocycles. The minimum atomic E-state index is -0.320. The van der Waals surface area contributed by atoms with Gasteiger partial charge in [0.05, 0.1) is 6.04 Å². The Labute approximate surface area is 113 Å². The third kappa shape index (κ3) is 10.6. The number of hydrogen-bond acceptors (Lipinski definition) is 2. The van der Waals surface area contributed by atoms with Crippen LogP contribution in [0.4, 0.5) is 0 Å². The van der Waals surface area contributed by atoms with E-state index in [9.17, 15) is 4.79 Å². The Balaban J connectivity index is 3.52. The number of nitrogens with one attached hydrogen (secondary N) is 1. The highest BCUT2D eigenvalue weighted by Crippen LogP contribution is 2.21. The Morgan fingerprint density at radius 3 is 2.39 bits per heavy atom. The van der Waals surface area contributed by atoms with Crippen LogP contribution in [0.25, 0.3) is 0 Å². The molecule has 0 aliphatic rings. The Bertz CT molecular complexity index is 221. The van der Waals surface area contributed by atoms with Gasteiger partial charge >= 0.3 is 0 Å². The summed E-state index contributed by atoms with van der Waals surface area (Å²) in [5.41, 5.74) is 6.22. The fourth-order valence-corrected chi connectivity index (χ4v) is 1.87. The van der Waals surface area contributed by atoms with Crippen molar-refractivity contribution in [3.63, 3.8) is 0 Å². The Morgan fingerprint density at radius 1 is 1.17 bits per heavy atom. The van der Waals surface area contributed by atoms with Gasteiger partial charge in [0.2, 0.25) is 5.91 Å². The molecule has 108 valence electrons. The third-order valence-corrected chi connectivity index (χ3v) is 3.11. The quantitative estimate of drug-likeness (QED) is 0.622. The zero-order valence-corrected chi connectivity index (χ0v) is 12.7. The molecule has 3 heteroatoms. The van der Waals surface area contributed by atoms with E-state index in [1.54, 1.807) is 0 Å². The molecule has 0 bridgehead atoms. The van der Waals surface area contributed by atoms with Crippen LogP contribution >= 0.6 is 0 Å². The number of nitrogens with two attached hydrogens (primary N) is 1. The van der Waals surface area contributed by atoms with E-state index in [1.165, 1.54) is 12.8 Å². The summed E-state index contributed by atoms with van der Waals surface area (Å²) in [6, 6.07) is -0.320. The van der Waals surface area contributed by atoms with E-state index in [1.807, 2.05) is 0 Å². The largest absolute Gasteiger partial charge is 0.355 e. The predicted octanol–water partition coefficient (Wildman–Crippen LogP) is 3.23. The van der Waals surface area contributed by atoms with E-state index in [0.717, 1.165) is 38.6 Å². The predicted molar refractivity (Wildman–Crippen MR) is 78.4 cm³/mol. The van der Waals surface area contributed by atoms with Crippen LogP contribution in [0.2, 0.25) is 0 Å². The van der Waals surface area contributed by atoms with Gasteiger partial charge in [-0.2, -0.15) is 0 Å². The minimum Gasteiger partial charge on any atom is -0.355 e. The lowest BCUT2D eigenvalue weighted by molar-refractivity contribution is -0.122. The highest BCUT2D eigenvalue weighted by atomic mass is 16.2. The summed E-state index contributed by atoms with van der Waals surface area (Å²) in [6.45, 7) is 9.65. The Kier molecular flexibility index (Phi) is 9.08. The summed E-state index contributed by atoms with van der Waals surface area (Å²) in [5, 5.41) is 2.93. The summed E-state index contributed by atoms with van der Waals surface area (Å²) >= 11 is 0. The van der Waals surface area contributed by atoms with Gasteiger partial charge in [-0.15, -0.1) is 0 Å². The Hall–Kier alpha value is -0.570. The standard InChI is InChI=1S/C15H32N2O/c1-5-6-7-10-13(16)14(18)17-12-9-8-11-15(2,3)4/h13H,5-12,16H2,1-4H3,(H,17,18)/t13-/m1/s1. The zero-order valence-electron chi connectivity index (χ0n) is 12.7. The first-order valence-corrected chi connectivity index (χ1v) is 7.40. The van der Waals surface area contributed by atoms with Crippen LogP contribution in [0.3, 0.4) is 0 Å². The molecule has 0 radical (unpaired) electrons. The second-order valence-corrected chi connectivity index (χ2v) is 6.41. The number of carbonyl (C=O) groups is 1. The number of amides is 1. The smallest absolute Gasteiger partial charge is 0.236 e. The van der Waals surface area contributed by atoms with Crippen LogP contribution < -0.4 is 11.1 Å². The average molecular weight is 256 g/mol. The first-order valence-electron chi connectivity index (χ1n) is 7.40. The molecule has 0 heterocycles. The molecule has 0 fully saturated rings. The third-order valence-electron chi connectivity index (χ3n) is 3.11. The van der Waals surface area contributed by atoms with Gasteiger partial charge in [-0.05, 0) is 24.7 Å². The maximum absolute atomic E-state index is 11.7. The minimum absolute atomic E-state index is 0.0156. The van der Waals surface area contributed by atoms with Gasteiger partial charge in [0, 0.05) is 6.54 Å². The van der Waals surface area contributed by atoms with Crippen LogP contribution in [-0.4, -0.2) is 18.5 Å². The van der Waals surface area contributed by atoms with Crippen LogP contribution in [0, 0.1) is 5.41 Å². The lowest BCUT2D eigenvalue weighted by Crippen LogP contribution is -2.40. The van der Waals surface area contributed by atoms with Crippen LogP contribution in [-0.2, 0) is 4.79 Å². The molecule has 0 aromatic rings. The molecule has 0 unspecified atom stereocenters. The summed E-state index contributed by atoms with van der Waals surface area (Å²) in [4.78, 5) is 11.7. The van der Waals surface area contributed by atoms with E-state index in [0.29, 0.717) is 5.41 Å². The maximum Gasteiger partial charge on any atom is 0.236 e. The Morgan fingerprint density at radius 2 is 1.83 bits per heavy atom. The number of hydrogen-bond donors (Lipinski definition) is 2. The van der Waals surface area contributed by atoms with E-state index in [-0.39, 0.29) is 11.9 Å². The van der Waals surface area contributed by atoms with E-state index in [4.69, 9.17) is 5.73 Å². The summed E-state index contributed by atoms with van der Waals surface area (Å²) in [6.07, 6.45) is 7.59. The normalized spacial score (nSPS) is 13.4. The highest BCUT2D eigenvalue weighted by Gasteiger charge is 2.12.